The molecule has 0 N–H and O–H groups in total. The van der Waals surface area contributed by atoms with Crippen LogP contribution in [0, 0.1) is 0 Å². The van der Waals surface area contributed by atoms with Crippen molar-refractivity contribution in [3.8, 4) is 16.3 Å². The summed E-state index contributed by atoms with van der Waals surface area (Å²) in [7, 11) is 0. The largest absolute Gasteiger partial charge is 0.423 e. The van der Waals surface area contributed by atoms with E-state index in [4.69, 9.17) is 4.74 Å². The number of unbranched alkanes of at least 4 members (excludes halogenated alkanes) is 3. The van der Waals surface area contributed by atoms with Gasteiger partial charge in [0.05, 0.1) is 0 Å². The summed E-state index contributed by atoms with van der Waals surface area (Å²) >= 11 is 1.61. The van der Waals surface area contributed by atoms with Crippen LogP contribution in [0.1, 0.15) is 51.0 Å². The molecule has 1 aromatic carbocycles. The maximum absolute atomic E-state index is 11.7. The summed E-state index contributed by atoms with van der Waals surface area (Å²) < 4.78 is 5.30. The van der Waals surface area contributed by atoms with Crippen molar-refractivity contribution in [2.24, 2.45) is 0 Å². The van der Waals surface area contributed by atoms with Crippen LogP contribution in [-0.2, 0) is 11.2 Å². The van der Waals surface area contributed by atoms with Crippen LogP contribution in [-0.4, -0.2) is 16.2 Å². The van der Waals surface area contributed by atoms with Crippen LogP contribution in [0.4, 0.5) is 0 Å². The number of allylic oxidation sites excluding steroid dienone is 1. The first-order valence-corrected chi connectivity index (χ1v) is 9.35. The van der Waals surface area contributed by atoms with E-state index in [1.807, 2.05) is 18.2 Å². The number of nitrogens with zero attached hydrogens (tertiary/aromatic N) is 2. The molecule has 5 heteroatoms. The number of aromatic nitrogens is 2. The van der Waals surface area contributed by atoms with E-state index in [-0.39, 0.29) is 5.97 Å². The number of esters is 1. The lowest BCUT2D eigenvalue weighted by atomic mass is 10.2. The third kappa shape index (κ3) is 5.89. The molecule has 0 aliphatic carbocycles. The van der Waals surface area contributed by atoms with Gasteiger partial charge in [-0.2, -0.15) is 0 Å². The fourth-order valence-corrected chi connectivity index (χ4v) is 3.14. The number of carbonyl (C=O) groups excluding carboxylic acids is 1. The van der Waals surface area contributed by atoms with Crippen molar-refractivity contribution < 1.29 is 9.53 Å². The number of carbonyl (C=O) groups is 1. The number of hydrogen-bond acceptors (Lipinski definition) is 5. The number of aryl methyl sites for hydroxylation is 1. The molecule has 4 nitrogen and oxygen atoms in total. The molecular formula is C19H24N2O2S. The predicted molar refractivity (Wildman–Crippen MR) is 98.3 cm³/mol. The molecule has 0 radical (unpaired) electrons. The summed E-state index contributed by atoms with van der Waals surface area (Å²) in [4.78, 5) is 11.7. The molecule has 0 bridgehead atoms. The Morgan fingerprint density at radius 3 is 2.62 bits per heavy atom. The lowest BCUT2D eigenvalue weighted by molar-refractivity contribution is -0.129. The molecule has 128 valence electrons. The molecule has 2 rings (SSSR count). The van der Waals surface area contributed by atoms with Crippen LogP contribution in [0.3, 0.4) is 0 Å². The molecule has 0 saturated heterocycles. The fraction of sp³-hybridized carbons (Fsp3) is 0.421. The summed E-state index contributed by atoms with van der Waals surface area (Å²) in [5.74, 6) is 0.209. The molecule has 0 atom stereocenters. The molecule has 0 aliphatic rings. The Bertz CT molecular complexity index is 662. The summed E-state index contributed by atoms with van der Waals surface area (Å²) in [6.45, 7) is 4.29. The third-order valence-electron chi connectivity index (χ3n) is 3.48. The van der Waals surface area contributed by atoms with Crippen LogP contribution < -0.4 is 4.74 Å². The van der Waals surface area contributed by atoms with Crippen LogP contribution in [0.15, 0.2) is 36.4 Å². The summed E-state index contributed by atoms with van der Waals surface area (Å²) in [5.41, 5.74) is 0.991. The van der Waals surface area contributed by atoms with E-state index < -0.39 is 0 Å². The van der Waals surface area contributed by atoms with E-state index in [1.165, 1.54) is 18.9 Å². The predicted octanol–water partition coefficient (Wildman–Crippen LogP) is 5.20. The first-order chi connectivity index (χ1) is 11.7. The van der Waals surface area contributed by atoms with Gasteiger partial charge in [0.15, 0.2) is 0 Å². The first kappa shape index (κ1) is 18.3. The highest BCUT2D eigenvalue weighted by Gasteiger charge is 2.07. The lowest BCUT2D eigenvalue weighted by Crippen LogP contribution is -2.03. The highest BCUT2D eigenvalue weighted by molar-refractivity contribution is 7.14. The average molecular weight is 344 g/mol. The average Bonchev–Trinajstić information content (AvgIpc) is 3.04. The van der Waals surface area contributed by atoms with Gasteiger partial charge in [-0.15, -0.1) is 10.2 Å². The van der Waals surface area contributed by atoms with Gasteiger partial charge in [0.25, 0.3) is 0 Å². The van der Waals surface area contributed by atoms with Crippen LogP contribution >= 0.6 is 11.3 Å². The summed E-state index contributed by atoms with van der Waals surface area (Å²) in [6, 6.07) is 7.39. The van der Waals surface area contributed by atoms with Gasteiger partial charge >= 0.3 is 5.97 Å². The van der Waals surface area contributed by atoms with Gasteiger partial charge < -0.3 is 4.74 Å². The zero-order chi connectivity index (χ0) is 17.2. The van der Waals surface area contributed by atoms with Crippen molar-refractivity contribution in [1.29, 1.82) is 0 Å². The molecule has 0 spiro atoms. The van der Waals surface area contributed by atoms with Gasteiger partial charge in [0.1, 0.15) is 15.8 Å². The van der Waals surface area contributed by atoms with Crippen molar-refractivity contribution in [3.05, 3.63) is 41.4 Å². The molecule has 0 amide bonds. The lowest BCUT2D eigenvalue weighted by Gasteiger charge is -2.02. The second kappa shape index (κ2) is 9.98. The minimum atomic E-state index is -0.333. The van der Waals surface area contributed by atoms with Gasteiger partial charge in [-0.3, -0.25) is 0 Å². The monoisotopic (exact) mass is 344 g/mol. The second-order valence-electron chi connectivity index (χ2n) is 5.59. The number of rotatable bonds is 9. The van der Waals surface area contributed by atoms with E-state index >= 15 is 0 Å². The Morgan fingerprint density at radius 1 is 1.12 bits per heavy atom. The van der Waals surface area contributed by atoms with Crippen LogP contribution in [0.25, 0.3) is 10.6 Å². The standard InChI is InChI=1S/C19H24N2O2S/c1-3-5-6-7-8-10-18(22)23-16-13-11-15(12-14-16)19-21-20-17(24-19)9-4-2/h8,10-14H,3-7,9H2,1-2H3/b10-8+. The minimum Gasteiger partial charge on any atom is -0.423 e. The molecule has 0 aliphatic heterocycles. The Balaban J connectivity index is 1.88. The van der Waals surface area contributed by atoms with Crippen molar-refractivity contribution in [1.82, 2.24) is 10.2 Å². The second-order valence-corrected chi connectivity index (χ2v) is 6.66. The molecule has 0 saturated carbocycles. The molecule has 0 unspecified atom stereocenters. The van der Waals surface area contributed by atoms with Crippen molar-refractivity contribution in [2.45, 2.75) is 52.4 Å². The number of hydrogen-bond donors (Lipinski definition) is 0. The van der Waals surface area contributed by atoms with Crippen molar-refractivity contribution in [3.63, 3.8) is 0 Å². The first-order valence-electron chi connectivity index (χ1n) is 8.54. The van der Waals surface area contributed by atoms with Crippen LogP contribution in [0.5, 0.6) is 5.75 Å². The SMILES string of the molecule is CCCCC/C=C/C(=O)Oc1ccc(-c2nnc(CCC)s2)cc1. The molecule has 1 aromatic heterocycles. The normalized spacial score (nSPS) is 11.1. The van der Waals surface area contributed by atoms with Crippen molar-refractivity contribution in [2.75, 3.05) is 0 Å². The number of benzene rings is 1. The van der Waals surface area contributed by atoms with Crippen LogP contribution in [0.2, 0.25) is 0 Å². The molecule has 0 fully saturated rings. The maximum Gasteiger partial charge on any atom is 0.335 e. The molecular weight excluding hydrogens is 320 g/mol. The van der Waals surface area contributed by atoms with Gasteiger partial charge in [0, 0.05) is 18.1 Å². The van der Waals surface area contributed by atoms with Gasteiger partial charge in [-0.1, -0.05) is 44.1 Å². The zero-order valence-corrected chi connectivity index (χ0v) is 15.1. The quantitative estimate of drug-likeness (QED) is 0.271. The molecule has 24 heavy (non-hydrogen) atoms. The van der Waals surface area contributed by atoms with Gasteiger partial charge in [-0.25, -0.2) is 4.79 Å². The Morgan fingerprint density at radius 2 is 1.92 bits per heavy atom. The van der Waals surface area contributed by atoms with E-state index in [0.29, 0.717) is 5.75 Å². The van der Waals surface area contributed by atoms with Crippen molar-refractivity contribution >= 4 is 17.3 Å². The van der Waals surface area contributed by atoms with E-state index in [1.54, 1.807) is 23.5 Å². The Hall–Kier alpha value is -2.01. The molecule has 2 aromatic rings. The minimum absolute atomic E-state index is 0.333. The smallest absolute Gasteiger partial charge is 0.335 e. The Kier molecular flexibility index (Phi) is 7.62. The molecule has 1 heterocycles. The van der Waals surface area contributed by atoms with Gasteiger partial charge in [-0.05, 0) is 43.5 Å². The fourth-order valence-electron chi connectivity index (χ4n) is 2.19. The highest BCUT2D eigenvalue weighted by Crippen LogP contribution is 2.26. The third-order valence-corrected chi connectivity index (χ3v) is 4.51. The zero-order valence-electron chi connectivity index (χ0n) is 14.3. The van der Waals surface area contributed by atoms with E-state index in [9.17, 15) is 4.79 Å². The number of ether oxygens (including phenoxy) is 1. The van der Waals surface area contributed by atoms with E-state index in [2.05, 4.69) is 24.0 Å². The topological polar surface area (TPSA) is 52.1 Å². The maximum atomic E-state index is 11.7. The van der Waals surface area contributed by atoms with E-state index in [0.717, 1.165) is 41.3 Å². The summed E-state index contributed by atoms with van der Waals surface area (Å²) in [6.07, 6.45) is 9.79. The van der Waals surface area contributed by atoms with Gasteiger partial charge in [0.2, 0.25) is 0 Å². The highest BCUT2D eigenvalue weighted by atomic mass is 32.1. The Labute approximate surface area is 147 Å². The summed E-state index contributed by atoms with van der Waals surface area (Å²) in [5, 5.41) is 10.3.